The summed E-state index contributed by atoms with van der Waals surface area (Å²) in [6.07, 6.45) is 1.52. The molecule has 0 unspecified atom stereocenters. The second-order valence-electron chi connectivity index (χ2n) is 5.59. The molecule has 0 saturated heterocycles. The quantitative estimate of drug-likeness (QED) is 0.932. The summed E-state index contributed by atoms with van der Waals surface area (Å²) in [5.41, 5.74) is 3.29. The van der Waals surface area contributed by atoms with Gasteiger partial charge in [-0.1, -0.05) is 43.2 Å². The van der Waals surface area contributed by atoms with Gasteiger partial charge in [-0.05, 0) is 25.3 Å². The van der Waals surface area contributed by atoms with Crippen molar-refractivity contribution in [1.82, 2.24) is 9.55 Å². The molecule has 0 radical (unpaired) electrons. The highest BCUT2D eigenvalue weighted by Gasteiger charge is 2.11. The molecule has 4 nitrogen and oxygen atoms in total. The fraction of sp³-hybridized carbons (Fsp3) is 0.375. The van der Waals surface area contributed by atoms with Crippen LogP contribution in [0.4, 0.5) is 0 Å². The van der Waals surface area contributed by atoms with Crippen LogP contribution in [0.2, 0.25) is 0 Å². The Kier molecular flexibility index (Phi) is 3.93. The average molecular weight is 272 g/mol. The van der Waals surface area contributed by atoms with Gasteiger partial charge >= 0.3 is 5.69 Å². The van der Waals surface area contributed by atoms with Crippen molar-refractivity contribution in [2.45, 2.75) is 40.2 Å². The van der Waals surface area contributed by atoms with Crippen LogP contribution in [-0.4, -0.2) is 9.55 Å². The van der Waals surface area contributed by atoms with E-state index in [1.807, 2.05) is 39.8 Å². The first-order valence-corrected chi connectivity index (χ1v) is 6.78. The van der Waals surface area contributed by atoms with Crippen molar-refractivity contribution < 1.29 is 0 Å². The number of aromatic amines is 1. The third kappa shape index (κ3) is 2.90. The van der Waals surface area contributed by atoms with Crippen molar-refractivity contribution >= 4 is 0 Å². The van der Waals surface area contributed by atoms with E-state index in [4.69, 9.17) is 0 Å². The van der Waals surface area contributed by atoms with E-state index in [0.29, 0.717) is 12.1 Å². The third-order valence-electron chi connectivity index (χ3n) is 3.33. The second kappa shape index (κ2) is 5.49. The summed E-state index contributed by atoms with van der Waals surface area (Å²) in [4.78, 5) is 26.9. The Morgan fingerprint density at radius 2 is 1.70 bits per heavy atom. The first kappa shape index (κ1) is 14.3. The standard InChI is InChI=1S/C16H20N2O2/c1-10(2)14-8-17-16(20)18(15(14)19)9-13-6-11(3)5-12(4)7-13/h5-8,10H,9H2,1-4H3,(H,17,20). The smallest absolute Gasteiger partial charge is 0.314 e. The minimum atomic E-state index is -0.362. The number of aromatic nitrogens is 2. The van der Waals surface area contributed by atoms with Gasteiger partial charge in [-0.25, -0.2) is 4.79 Å². The average Bonchev–Trinajstić information content (AvgIpc) is 2.32. The molecule has 0 saturated carbocycles. The summed E-state index contributed by atoms with van der Waals surface area (Å²) in [5, 5.41) is 0. The van der Waals surface area contributed by atoms with Gasteiger partial charge in [0.1, 0.15) is 0 Å². The van der Waals surface area contributed by atoms with Gasteiger partial charge in [0.2, 0.25) is 0 Å². The summed E-state index contributed by atoms with van der Waals surface area (Å²) in [7, 11) is 0. The lowest BCUT2D eigenvalue weighted by Crippen LogP contribution is -2.37. The molecule has 1 aromatic carbocycles. The summed E-state index contributed by atoms with van der Waals surface area (Å²) in [5.74, 6) is 0.0878. The summed E-state index contributed by atoms with van der Waals surface area (Å²) >= 11 is 0. The molecular weight excluding hydrogens is 252 g/mol. The lowest BCUT2D eigenvalue weighted by molar-refractivity contribution is 0.669. The van der Waals surface area contributed by atoms with E-state index in [0.717, 1.165) is 16.7 Å². The van der Waals surface area contributed by atoms with Crippen LogP contribution in [0.3, 0.4) is 0 Å². The first-order valence-electron chi connectivity index (χ1n) is 6.78. The summed E-state index contributed by atoms with van der Waals surface area (Å²) in [6, 6.07) is 6.07. The van der Waals surface area contributed by atoms with Crippen molar-refractivity contribution in [2.24, 2.45) is 0 Å². The molecule has 0 aliphatic carbocycles. The molecule has 0 spiro atoms. The van der Waals surface area contributed by atoms with Gasteiger partial charge in [0.05, 0.1) is 6.54 Å². The van der Waals surface area contributed by atoms with Crippen molar-refractivity contribution in [3.8, 4) is 0 Å². The molecule has 1 aromatic heterocycles. The predicted octanol–water partition coefficient (Wildman–Crippen LogP) is 2.33. The van der Waals surface area contributed by atoms with Crippen LogP contribution in [0, 0.1) is 13.8 Å². The Balaban J connectivity index is 2.51. The zero-order valence-corrected chi connectivity index (χ0v) is 12.4. The fourth-order valence-electron chi connectivity index (χ4n) is 2.43. The Morgan fingerprint density at radius 1 is 1.10 bits per heavy atom. The molecule has 0 amide bonds. The van der Waals surface area contributed by atoms with Crippen molar-refractivity contribution in [2.75, 3.05) is 0 Å². The maximum atomic E-state index is 12.3. The molecule has 2 aromatic rings. The highest BCUT2D eigenvalue weighted by atomic mass is 16.2. The van der Waals surface area contributed by atoms with Crippen LogP contribution in [0.25, 0.3) is 0 Å². The minimum absolute atomic E-state index is 0.0878. The molecule has 0 aliphatic heterocycles. The number of aryl methyl sites for hydroxylation is 2. The molecule has 0 atom stereocenters. The van der Waals surface area contributed by atoms with E-state index in [9.17, 15) is 9.59 Å². The van der Waals surface area contributed by atoms with Gasteiger partial charge in [0, 0.05) is 11.8 Å². The van der Waals surface area contributed by atoms with Crippen LogP contribution >= 0.6 is 0 Å². The Labute approximate surface area is 118 Å². The molecule has 20 heavy (non-hydrogen) atoms. The molecule has 0 bridgehead atoms. The van der Waals surface area contributed by atoms with Crippen molar-refractivity contribution in [3.05, 3.63) is 67.5 Å². The van der Waals surface area contributed by atoms with Crippen LogP contribution in [0.5, 0.6) is 0 Å². The Morgan fingerprint density at radius 3 is 2.25 bits per heavy atom. The molecule has 1 heterocycles. The van der Waals surface area contributed by atoms with E-state index < -0.39 is 0 Å². The van der Waals surface area contributed by atoms with Crippen LogP contribution in [0.15, 0.2) is 34.0 Å². The molecule has 0 aliphatic rings. The van der Waals surface area contributed by atoms with Gasteiger partial charge in [0.25, 0.3) is 5.56 Å². The summed E-state index contributed by atoms with van der Waals surface area (Å²) < 4.78 is 1.27. The van der Waals surface area contributed by atoms with Crippen LogP contribution in [0.1, 0.15) is 42.0 Å². The van der Waals surface area contributed by atoms with Gasteiger partial charge in [-0.2, -0.15) is 0 Å². The topological polar surface area (TPSA) is 54.9 Å². The number of hydrogen-bond donors (Lipinski definition) is 1. The maximum absolute atomic E-state index is 12.3. The first-order chi connectivity index (χ1) is 9.38. The van der Waals surface area contributed by atoms with E-state index in [1.165, 1.54) is 10.8 Å². The monoisotopic (exact) mass is 272 g/mol. The molecule has 4 heteroatoms. The summed E-state index contributed by atoms with van der Waals surface area (Å²) in [6.45, 7) is 8.20. The third-order valence-corrected chi connectivity index (χ3v) is 3.33. The minimum Gasteiger partial charge on any atom is -0.314 e. The molecular formula is C16H20N2O2. The van der Waals surface area contributed by atoms with E-state index >= 15 is 0 Å². The zero-order valence-electron chi connectivity index (χ0n) is 12.4. The number of rotatable bonds is 3. The Hall–Kier alpha value is -2.10. The largest absolute Gasteiger partial charge is 0.328 e. The van der Waals surface area contributed by atoms with Gasteiger partial charge in [-0.15, -0.1) is 0 Å². The highest BCUT2D eigenvalue weighted by molar-refractivity contribution is 5.28. The molecule has 1 N–H and O–H groups in total. The lowest BCUT2D eigenvalue weighted by Gasteiger charge is -2.10. The zero-order chi connectivity index (χ0) is 14.9. The lowest BCUT2D eigenvalue weighted by atomic mass is 10.1. The van der Waals surface area contributed by atoms with E-state index in [-0.39, 0.29) is 17.2 Å². The number of hydrogen-bond acceptors (Lipinski definition) is 2. The number of H-pyrrole nitrogens is 1. The van der Waals surface area contributed by atoms with Crippen molar-refractivity contribution in [3.63, 3.8) is 0 Å². The molecule has 2 rings (SSSR count). The van der Waals surface area contributed by atoms with Gasteiger partial charge in [0.15, 0.2) is 0 Å². The molecule has 0 fully saturated rings. The van der Waals surface area contributed by atoms with Gasteiger partial charge in [-0.3, -0.25) is 9.36 Å². The fourth-order valence-corrected chi connectivity index (χ4v) is 2.43. The normalized spacial score (nSPS) is 11.1. The van der Waals surface area contributed by atoms with Crippen LogP contribution in [-0.2, 0) is 6.54 Å². The maximum Gasteiger partial charge on any atom is 0.328 e. The van der Waals surface area contributed by atoms with Gasteiger partial charge < -0.3 is 4.98 Å². The predicted molar refractivity (Wildman–Crippen MR) is 80.4 cm³/mol. The second-order valence-corrected chi connectivity index (χ2v) is 5.59. The Bertz CT molecular complexity index is 719. The molecule has 106 valence electrons. The number of benzene rings is 1. The van der Waals surface area contributed by atoms with E-state index in [1.54, 1.807) is 0 Å². The van der Waals surface area contributed by atoms with E-state index in [2.05, 4.69) is 11.1 Å². The number of nitrogens with zero attached hydrogens (tertiary/aromatic N) is 1. The van der Waals surface area contributed by atoms with Crippen LogP contribution < -0.4 is 11.2 Å². The highest BCUT2D eigenvalue weighted by Crippen LogP contribution is 2.10. The number of nitrogens with one attached hydrogen (secondary N) is 1. The SMILES string of the molecule is Cc1cc(C)cc(Cn2c(=O)[nH]cc(C(C)C)c2=O)c1. The van der Waals surface area contributed by atoms with Crippen molar-refractivity contribution in [1.29, 1.82) is 0 Å².